The molecule has 3 heterocycles. The van der Waals surface area contributed by atoms with Gasteiger partial charge >= 0.3 is 23.3 Å². The Balaban J connectivity index is 0.000000384. The molecular formula is C24H29F3N4O5. The van der Waals surface area contributed by atoms with Crippen LogP contribution in [0.1, 0.15) is 55.1 Å². The van der Waals surface area contributed by atoms with Crippen LogP contribution in [0.3, 0.4) is 0 Å². The van der Waals surface area contributed by atoms with Crippen LogP contribution in [0.5, 0.6) is 0 Å². The number of ether oxygens (including phenoxy) is 1. The molecule has 1 aliphatic carbocycles. The highest BCUT2D eigenvalue weighted by molar-refractivity contribution is 5.73. The molecule has 0 radical (unpaired) electrons. The van der Waals surface area contributed by atoms with E-state index < -0.39 is 28.9 Å². The molecule has 1 aromatic heterocycles. The molecule has 36 heavy (non-hydrogen) atoms. The summed E-state index contributed by atoms with van der Waals surface area (Å²) in [6, 6.07) is 8.61. The Bertz CT molecular complexity index is 1240. The number of hydrogen-bond donors (Lipinski definition) is 1. The Kier molecular flexibility index (Phi) is 7.37. The molecule has 1 aromatic carbocycles. The molecule has 2 aromatic rings. The Hall–Kier alpha value is -2.99. The summed E-state index contributed by atoms with van der Waals surface area (Å²) >= 11 is 0. The van der Waals surface area contributed by atoms with Crippen LogP contribution >= 0.6 is 0 Å². The van der Waals surface area contributed by atoms with E-state index >= 15 is 0 Å². The summed E-state index contributed by atoms with van der Waals surface area (Å²) in [6.45, 7) is 5.37. The number of nitrogens with zero attached hydrogens (tertiary/aromatic N) is 4. The molecule has 2 fully saturated rings. The number of halogens is 3. The second-order valence-corrected chi connectivity index (χ2v) is 9.72. The highest BCUT2D eigenvalue weighted by Gasteiger charge is 2.43. The first-order valence-corrected chi connectivity index (χ1v) is 11.9. The number of likely N-dealkylation sites (tertiary alicyclic amines) is 1. The summed E-state index contributed by atoms with van der Waals surface area (Å²) < 4.78 is 41.0. The van der Waals surface area contributed by atoms with Crippen LogP contribution in [0.15, 0.2) is 33.9 Å². The normalized spacial score (nSPS) is 22.3. The van der Waals surface area contributed by atoms with Gasteiger partial charge in [-0.2, -0.15) is 18.3 Å². The van der Waals surface area contributed by atoms with E-state index in [0.717, 1.165) is 51.7 Å². The number of alkyl halides is 3. The van der Waals surface area contributed by atoms with Crippen LogP contribution in [0, 0.1) is 6.92 Å². The number of rotatable bonds is 3. The minimum Gasteiger partial charge on any atom is -0.475 e. The zero-order valence-electron chi connectivity index (χ0n) is 20.0. The van der Waals surface area contributed by atoms with Crippen molar-refractivity contribution >= 4 is 5.97 Å². The van der Waals surface area contributed by atoms with Crippen molar-refractivity contribution in [3.63, 3.8) is 0 Å². The van der Waals surface area contributed by atoms with Crippen LogP contribution < -0.4 is 11.1 Å². The summed E-state index contributed by atoms with van der Waals surface area (Å²) in [7, 11) is 0. The molecule has 1 unspecified atom stereocenters. The van der Waals surface area contributed by atoms with E-state index in [0.29, 0.717) is 19.0 Å². The first-order chi connectivity index (χ1) is 17.0. The van der Waals surface area contributed by atoms with E-state index in [1.807, 2.05) is 0 Å². The number of fused-ring (bicyclic) bond motifs is 1. The lowest BCUT2D eigenvalue weighted by molar-refractivity contribution is -0.192. The molecule has 2 aliphatic heterocycles. The summed E-state index contributed by atoms with van der Waals surface area (Å²) in [5.74, 6) is -2.17. The fraction of sp³-hybridized carbons (Fsp3) is 0.583. The lowest BCUT2D eigenvalue weighted by Crippen LogP contribution is -2.53. The SMILES string of the molecule is Cc1cccc(CN2CCC3(C2)Cn2c(nn(C4CCCC4)c(=O)c2=O)CO3)c1.O=C(O)C(F)(F)F. The van der Waals surface area contributed by atoms with E-state index in [4.69, 9.17) is 14.6 Å². The van der Waals surface area contributed by atoms with Gasteiger partial charge in [0, 0.05) is 19.6 Å². The van der Waals surface area contributed by atoms with Crippen LogP contribution in [-0.2, 0) is 29.2 Å². The molecule has 1 N–H and O–H groups in total. The molecule has 3 aliphatic rings. The van der Waals surface area contributed by atoms with Gasteiger partial charge in [-0.1, -0.05) is 42.7 Å². The average Bonchev–Trinajstić information content (AvgIpc) is 3.47. The molecule has 1 saturated heterocycles. The fourth-order valence-corrected chi connectivity index (χ4v) is 5.15. The maximum Gasteiger partial charge on any atom is 0.490 e. The summed E-state index contributed by atoms with van der Waals surface area (Å²) in [5.41, 5.74) is 1.22. The van der Waals surface area contributed by atoms with Gasteiger partial charge in [0.05, 0.1) is 12.6 Å². The maximum atomic E-state index is 12.9. The Morgan fingerprint density at radius 2 is 1.89 bits per heavy atom. The number of carboxylic acids is 1. The minimum absolute atomic E-state index is 0.0632. The maximum absolute atomic E-state index is 12.9. The molecular weight excluding hydrogens is 481 g/mol. The fourth-order valence-electron chi connectivity index (χ4n) is 5.15. The molecule has 1 saturated carbocycles. The van der Waals surface area contributed by atoms with Gasteiger partial charge in [-0.3, -0.25) is 19.1 Å². The van der Waals surface area contributed by atoms with Gasteiger partial charge in [-0.25, -0.2) is 9.48 Å². The second kappa shape index (κ2) is 10.2. The van der Waals surface area contributed by atoms with Crippen molar-refractivity contribution < 1.29 is 27.8 Å². The number of aryl methyl sites for hydroxylation is 1. The van der Waals surface area contributed by atoms with E-state index in [-0.39, 0.29) is 6.04 Å². The van der Waals surface area contributed by atoms with Gasteiger partial charge in [0.15, 0.2) is 5.82 Å². The van der Waals surface area contributed by atoms with E-state index in [1.165, 1.54) is 15.8 Å². The van der Waals surface area contributed by atoms with Gasteiger partial charge in [0.2, 0.25) is 0 Å². The lowest BCUT2D eigenvalue weighted by Gasteiger charge is -2.35. The predicted molar refractivity (Wildman–Crippen MR) is 123 cm³/mol. The number of carbonyl (C=O) groups is 1. The van der Waals surface area contributed by atoms with Gasteiger partial charge in [0.1, 0.15) is 12.2 Å². The van der Waals surface area contributed by atoms with Crippen molar-refractivity contribution in [1.82, 2.24) is 19.2 Å². The van der Waals surface area contributed by atoms with E-state index in [2.05, 4.69) is 41.2 Å². The van der Waals surface area contributed by atoms with Gasteiger partial charge in [-0.15, -0.1) is 0 Å². The molecule has 0 bridgehead atoms. The summed E-state index contributed by atoms with van der Waals surface area (Å²) in [4.78, 5) is 36.8. The van der Waals surface area contributed by atoms with Crippen molar-refractivity contribution in [3.05, 3.63) is 61.9 Å². The van der Waals surface area contributed by atoms with E-state index in [9.17, 15) is 22.8 Å². The topological polar surface area (TPSA) is 107 Å². The number of carboxylic acid groups (broad SMARTS) is 1. The lowest BCUT2D eigenvalue weighted by atomic mass is 10.0. The monoisotopic (exact) mass is 510 g/mol. The minimum atomic E-state index is -5.08. The smallest absolute Gasteiger partial charge is 0.475 e. The van der Waals surface area contributed by atoms with Crippen LogP contribution in [-0.4, -0.2) is 55.2 Å². The third kappa shape index (κ3) is 5.70. The van der Waals surface area contributed by atoms with Crippen molar-refractivity contribution in [1.29, 1.82) is 0 Å². The highest BCUT2D eigenvalue weighted by atomic mass is 19.4. The third-order valence-corrected chi connectivity index (χ3v) is 6.92. The van der Waals surface area contributed by atoms with E-state index in [1.54, 1.807) is 4.57 Å². The van der Waals surface area contributed by atoms with Gasteiger partial charge in [-0.05, 0) is 31.7 Å². The molecule has 0 amide bonds. The molecule has 1 atom stereocenters. The number of benzene rings is 1. The number of aliphatic carboxylic acids is 1. The van der Waals surface area contributed by atoms with Crippen molar-refractivity contribution in [3.8, 4) is 0 Å². The predicted octanol–water partition coefficient (Wildman–Crippen LogP) is 2.64. The second-order valence-electron chi connectivity index (χ2n) is 9.72. The highest BCUT2D eigenvalue weighted by Crippen LogP contribution is 2.32. The number of hydrogen-bond acceptors (Lipinski definition) is 6. The Morgan fingerprint density at radius 1 is 1.19 bits per heavy atom. The van der Waals surface area contributed by atoms with Gasteiger partial charge in [0.25, 0.3) is 0 Å². The summed E-state index contributed by atoms with van der Waals surface area (Å²) in [6.07, 6.45) is -0.194. The molecule has 1 spiro atoms. The molecule has 196 valence electrons. The largest absolute Gasteiger partial charge is 0.490 e. The van der Waals surface area contributed by atoms with Crippen molar-refractivity contribution in [2.75, 3.05) is 13.1 Å². The Morgan fingerprint density at radius 3 is 2.53 bits per heavy atom. The van der Waals surface area contributed by atoms with Gasteiger partial charge < -0.3 is 9.84 Å². The molecule has 5 rings (SSSR count). The average molecular weight is 511 g/mol. The standard InChI is InChI=1S/C22H28N4O3.C2HF3O2/c1-16-5-4-6-17(11-16)12-24-10-9-22(14-24)15-25-19(13-29-22)23-26(21(28)20(25)27)18-7-2-3-8-18;3-2(4,5)1(6)7/h4-6,11,18H,2-3,7-10,12-15H2,1H3;(H,6,7). The Labute approximate surface area is 205 Å². The van der Waals surface area contributed by atoms with Crippen molar-refractivity contribution in [2.24, 2.45) is 0 Å². The molecule has 12 heteroatoms. The number of aromatic nitrogens is 3. The van der Waals surface area contributed by atoms with Crippen LogP contribution in [0.25, 0.3) is 0 Å². The van der Waals surface area contributed by atoms with Crippen molar-refractivity contribution in [2.45, 2.75) is 76.5 Å². The first kappa shape index (κ1) is 26.1. The summed E-state index contributed by atoms with van der Waals surface area (Å²) in [5, 5.41) is 11.7. The zero-order valence-corrected chi connectivity index (χ0v) is 20.0. The third-order valence-electron chi connectivity index (χ3n) is 6.92. The quantitative estimate of drug-likeness (QED) is 0.633. The van der Waals surface area contributed by atoms with Crippen LogP contribution in [0.2, 0.25) is 0 Å². The van der Waals surface area contributed by atoms with Crippen LogP contribution in [0.4, 0.5) is 13.2 Å². The first-order valence-electron chi connectivity index (χ1n) is 11.9. The zero-order chi connectivity index (χ0) is 26.1. The molecule has 9 nitrogen and oxygen atoms in total.